The number of allylic oxidation sites excluding steroid dienone is 1. The fourth-order valence-corrected chi connectivity index (χ4v) is 8.59. The summed E-state index contributed by atoms with van der Waals surface area (Å²) in [5.41, 5.74) is 1.79. The van der Waals surface area contributed by atoms with Gasteiger partial charge in [0.15, 0.2) is 5.79 Å². The molecule has 2 atom stereocenters. The highest BCUT2D eigenvalue weighted by Gasteiger charge is 2.48. The van der Waals surface area contributed by atoms with Crippen molar-refractivity contribution in [2.24, 2.45) is 10.9 Å². The van der Waals surface area contributed by atoms with E-state index in [-0.39, 0.29) is 30.9 Å². The number of hydrogen-bond acceptors (Lipinski definition) is 7. The van der Waals surface area contributed by atoms with E-state index in [1.807, 2.05) is 32.2 Å². The van der Waals surface area contributed by atoms with Gasteiger partial charge in [-0.1, -0.05) is 25.3 Å². The number of nitrogens with one attached hydrogen (secondary N) is 1. The summed E-state index contributed by atoms with van der Waals surface area (Å²) in [5.74, 6) is 0.0513. The largest absolute Gasteiger partial charge is 0.387 e. The molecule has 40 heavy (non-hydrogen) atoms. The molecule has 220 valence electrons. The number of carbonyl (C=O) groups is 1. The number of rotatable bonds is 7. The van der Waals surface area contributed by atoms with Gasteiger partial charge in [0, 0.05) is 36.5 Å². The molecule has 1 unspecified atom stereocenters. The van der Waals surface area contributed by atoms with E-state index < -0.39 is 27.5 Å². The molecule has 5 aliphatic rings. The summed E-state index contributed by atoms with van der Waals surface area (Å²) in [6, 6.07) is 1.96. The molecule has 1 spiro atoms. The number of carbonyl (C=O) groups excluding carboxylic acids is 1. The monoisotopic (exact) mass is 574 g/mol. The van der Waals surface area contributed by atoms with E-state index >= 15 is 0 Å². The Kier molecular flexibility index (Phi) is 7.48. The number of nitrogens with zero attached hydrogens (tertiary/aromatic N) is 3. The Labute approximate surface area is 236 Å². The second-order valence-corrected chi connectivity index (χ2v) is 14.5. The van der Waals surface area contributed by atoms with Gasteiger partial charge in [-0.2, -0.15) is 0 Å². The number of hydrogen-bond donors (Lipinski definition) is 2. The fourth-order valence-electron chi connectivity index (χ4n) is 7.06. The van der Waals surface area contributed by atoms with Crippen LogP contribution in [0.5, 0.6) is 0 Å². The van der Waals surface area contributed by atoms with Crippen molar-refractivity contribution in [2.75, 3.05) is 25.4 Å². The minimum atomic E-state index is -3.74. The summed E-state index contributed by atoms with van der Waals surface area (Å²) >= 11 is 0. The van der Waals surface area contributed by atoms with Gasteiger partial charge >= 0.3 is 0 Å². The number of amidine groups is 1. The van der Waals surface area contributed by atoms with E-state index in [0.717, 1.165) is 55.6 Å². The van der Waals surface area contributed by atoms with Gasteiger partial charge in [-0.15, -0.1) is 0 Å². The van der Waals surface area contributed by atoms with Gasteiger partial charge in [0.25, 0.3) is 5.91 Å². The lowest BCUT2D eigenvalue weighted by Gasteiger charge is -2.35. The average Bonchev–Trinajstić information content (AvgIpc) is 3.59. The maximum Gasteiger partial charge on any atom is 0.253 e. The fraction of sp³-hybridized carbons (Fsp3) is 0.724. The molecule has 11 heteroatoms. The van der Waals surface area contributed by atoms with Crippen LogP contribution in [0.25, 0.3) is 5.57 Å². The Morgan fingerprint density at radius 2 is 1.95 bits per heavy atom. The molecule has 1 aromatic rings. The zero-order chi connectivity index (χ0) is 28.1. The number of aliphatic hydroxyl groups excluding tert-OH is 1. The molecule has 10 nitrogen and oxygen atoms in total. The highest BCUT2D eigenvalue weighted by molar-refractivity contribution is 7.89. The maximum absolute atomic E-state index is 13.4. The number of piperidine rings is 1. The molecule has 2 saturated heterocycles. The number of ether oxygens (including phenoxy) is 2. The Hall–Kier alpha value is -2.05. The summed E-state index contributed by atoms with van der Waals surface area (Å²) in [4.78, 5) is 17.8. The van der Waals surface area contributed by atoms with E-state index in [1.54, 1.807) is 0 Å². The Morgan fingerprint density at radius 1 is 1.20 bits per heavy atom. The first-order chi connectivity index (χ1) is 19.1. The first-order valence-electron chi connectivity index (χ1n) is 14.8. The first-order valence-corrected chi connectivity index (χ1v) is 16.4. The second-order valence-electron chi connectivity index (χ2n) is 12.5. The number of sulfonamides is 1. The number of fused-ring (bicyclic) bond motifs is 1. The molecular formula is C29H42N4O6S. The summed E-state index contributed by atoms with van der Waals surface area (Å²) in [7, 11) is -3.74. The summed E-state index contributed by atoms with van der Waals surface area (Å²) in [6.07, 6.45) is 10.7. The molecular weight excluding hydrogens is 532 g/mol. The zero-order valence-corrected chi connectivity index (χ0v) is 24.4. The normalized spacial score (nSPS) is 27.8. The predicted molar refractivity (Wildman–Crippen MR) is 151 cm³/mol. The van der Waals surface area contributed by atoms with Crippen LogP contribution in [-0.4, -0.2) is 83.1 Å². The van der Waals surface area contributed by atoms with Crippen LogP contribution in [0.15, 0.2) is 23.3 Å². The average molecular weight is 575 g/mol. The van der Waals surface area contributed by atoms with Crippen molar-refractivity contribution in [3.63, 3.8) is 0 Å². The third-order valence-corrected chi connectivity index (χ3v) is 11.2. The number of aliphatic imine (C=N–C) groups is 1. The summed E-state index contributed by atoms with van der Waals surface area (Å²) in [6.45, 7) is 5.43. The summed E-state index contributed by atoms with van der Waals surface area (Å²) in [5, 5.41) is 14.2. The molecule has 3 aliphatic heterocycles. The van der Waals surface area contributed by atoms with Crippen molar-refractivity contribution in [1.29, 1.82) is 0 Å². The molecule has 0 bridgehead atoms. The van der Waals surface area contributed by atoms with E-state index in [2.05, 4.69) is 9.88 Å². The highest BCUT2D eigenvalue weighted by Crippen LogP contribution is 2.36. The van der Waals surface area contributed by atoms with Gasteiger partial charge in [0.05, 0.1) is 25.0 Å². The van der Waals surface area contributed by atoms with Crippen LogP contribution < -0.4 is 5.32 Å². The minimum Gasteiger partial charge on any atom is -0.387 e. The van der Waals surface area contributed by atoms with E-state index in [9.17, 15) is 18.3 Å². The van der Waals surface area contributed by atoms with E-state index in [0.29, 0.717) is 37.5 Å². The highest BCUT2D eigenvalue weighted by atomic mass is 32.2. The summed E-state index contributed by atoms with van der Waals surface area (Å²) < 4.78 is 42.1. The number of aliphatic hydroxyl groups is 1. The van der Waals surface area contributed by atoms with Gasteiger partial charge in [-0.3, -0.25) is 9.79 Å². The molecule has 3 fully saturated rings. The van der Waals surface area contributed by atoms with Gasteiger partial charge in [0.1, 0.15) is 17.5 Å². The van der Waals surface area contributed by atoms with Crippen LogP contribution >= 0.6 is 0 Å². The Morgan fingerprint density at radius 3 is 2.65 bits per heavy atom. The molecule has 2 aliphatic carbocycles. The SMILES string of the molecule is CC1(C)OC[C@H](Cn2ccc3c2CCC=C3C(O)CS(=O)(=O)N2CCC3(CC2)N=C(C2CCCCC2)NC3=O)O1. The van der Waals surface area contributed by atoms with Crippen molar-refractivity contribution in [3.8, 4) is 0 Å². The molecule has 0 radical (unpaired) electrons. The first kappa shape index (κ1) is 28.1. The molecule has 2 N–H and O–H groups in total. The number of aromatic nitrogens is 1. The van der Waals surface area contributed by atoms with Gasteiger partial charge in [0.2, 0.25) is 10.0 Å². The topological polar surface area (TPSA) is 122 Å². The van der Waals surface area contributed by atoms with Crippen LogP contribution in [0.3, 0.4) is 0 Å². The molecule has 4 heterocycles. The third-order valence-electron chi connectivity index (χ3n) is 9.26. The molecule has 0 aromatic carbocycles. The van der Waals surface area contributed by atoms with Crippen LogP contribution in [0.1, 0.15) is 76.5 Å². The van der Waals surface area contributed by atoms with Crippen molar-refractivity contribution >= 4 is 27.3 Å². The second kappa shape index (κ2) is 10.7. The van der Waals surface area contributed by atoms with Crippen molar-refractivity contribution in [2.45, 2.75) is 102 Å². The van der Waals surface area contributed by atoms with E-state index in [4.69, 9.17) is 14.5 Å². The Bertz CT molecular complexity index is 1300. The van der Waals surface area contributed by atoms with Gasteiger partial charge in [-0.25, -0.2) is 12.7 Å². The van der Waals surface area contributed by atoms with E-state index in [1.165, 1.54) is 10.7 Å². The lowest BCUT2D eigenvalue weighted by Crippen LogP contribution is -2.51. The maximum atomic E-state index is 13.4. The zero-order valence-electron chi connectivity index (χ0n) is 23.6. The number of amides is 1. The molecule has 1 aromatic heterocycles. The smallest absolute Gasteiger partial charge is 0.253 e. The Balaban J connectivity index is 1.09. The minimum absolute atomic E-state index is 0.0569. The van der Waals surface area contributed by atoms with Crippen molar-refractivity contribution in [1.82, 2.24) is 14.2 Å². The standard InChI is InChI=1S/C29H42N4O6S/c1-28(2)38-18-21(39-28)17-32-14-11-22-23(9-6-10-24(22)32)25(34)19-40(36,37)33-15-12-29(13-16-33)27(35)30-26(31-29)20-7-4-3-5-8-20/h9,11,14,20-21,25,34H,3-8,10,12-13,15-19H2,1-2H3,(H,30,31,35)/t21-,25?/m0/s1. The molecule has 6 rings (SSSR count). The van der Waals surface area contributed by atoms with Crippen LogP contribution in [0.4, 0.5) is 0 Å². The molecule has 1 amide bonds. The lowest BCUT2D eigenvalue weighted by atomic mass is 9.88. The van der Waals surface area contributed by atoms with Crippen LogP contribution in [0.2, 0.25) is 0 Å². The third kappa shape index (κ3) is 5.43. The van der Waals surface area contributed by atoms with Crippen molar-refractivity contribution < 1.29 is 27.8 Å². The quantitative estimate of drug-likeness (QED) is 0.516. The van der Waals surface area contributed by atoms with Crippen molar-refractivity contribution in [3.05, 3.63) is 29.6 Å². The molecule has 1 saturated carbocycles. The van der Waals surface area contributed by atoms with Crippen LogP contribution in [-0.2, 0) is 37.3 Å². The lowest BCUT2D eigenvalue weighted by molar-refractivity contribution is -0.139. The predicted octanol–water partition coefficient (Wildman–Crippen LogP) is 2.60. The van der Waals surface area contributed by atoms with Crippen LogP contribution in [0, 0.1) is 5.92 Å². The van der Waals surface area contributed by atoms with Gasteiger partial charge in [-0.05, 0) is 64.0 Å². The van der Waals surface area contributed by atoms with Gasteiger partial charge < -0.3 is 24.5 Å².